The first-order valence-corrected chi connectivity index (χ1v) is 11.2. The fourth-order valence-electron chi connectivity index (χ4n) is 2.75. The van der Waals surface area contributed by atoms with Gasteiger partial charge in [0.2, 0.25) is 5.91 Å². The molecule has 0 spiro atoms. The van der Waals surface area contributed by atoms with Crippen molar-refractivity contribution in [2.24, 2.45) is 11.7 Å². The minimum Gasteiger partial charge on any atom is -0.366 e. The van der Waals surface area contributed by atoms with Crippen LogP contribution in [0.5, 0.6) is 0 Å². The zero-order valence-corrected chi connectivity index (χ0v) is 16.7. The number of carbonyl (C=O) groups excluding carboxylic acids is 2. The second-order valence-corrected chi connectivity index (χ2v) is 10.6. The summed E-state index contributed by atoms with van der Waals surface area (Å²) in [6.45, 7) is 0.439. The van der Waals surface area contributed by atoms with Crippen LogP contribution in [0.1, 0.15) is 23.2 Å². The lowest BCUT2D eigenvalue weighted by Crippen LogP contribution is -2.43. The topological polar surface area (TPSA) is 110 Å². The molecule has 3 N–H and O–H groups in total. The summed E-state index contributed by atoms with van der Waals surface area (Å²) in [6, 6.07) is 4.55. The van der Waals surface area contributed by atoms with Crippen molar-refractivity contribution in [3.63, 3.8) is 0 Å². The zero-order chi connectivity index (χ0) is 18.9. The average Bonchev–Trinajstić information content (AvgIpc) is 3.24. The normalized spacial score (nSPS) is 18.6. The number of halogens is 1. The molecule has 7 nitrogen and oxygen atoms in total. The molecule has 1 saturated heterocycles. The first kappa shape index (κ1) is 19.3. The molecule has 0 aliphatic carbocycles. The molecule has 26 heavy (non-hydrogen) atoms. The summed E-state index contributed by atoms with van der Waals surface area (Å²) >= 11 is 8.03. The maximum atomic E-state index is 12.7. The average molecular weight is 434 g/mol. The number of sulfonamides is 1. The molecule has 1 fully saturated rings. The number of nitrogens with zero attached hydrogens (tertiary/aromatic N) is 1. The molecule has 1 aliphatic rings. The highest BCUT2D eigenvalue weighted by Crippen LogP contribution is 2.31. The largest absolute Gasteiger partial charge is 0.366 e. The van der Waals surface area contributed by atoms with E-state index in [9.17, 15) is 18.0 Å². The van der Waals surface area contributed by atoms with Gasteiger partial charge in [0.1, 0.15) is 9.21 Å². The molecule has 11 heteroatoms. The molecule has 0 radical (unpaired) electrons. The van der Waals surface area contributed by atoms with Crippen molar-refractivity contribution in [1.82, 2.24) is 4.31 Å². The highest BCUT2D eigenvalue weighted by Gasteiger charge is 2.34. The first-order chi connectivity index (χ1) is 12.3. The van der Waals surface area contributed by atoms with Crippen molar-refractivity contribution in [2.45, 2.75) is 17.1 Å². The summed E-state index contributed by atoms with van der Waals surface area (Å²) in [7, 11) is -3.68. The lowest BCUT2D eigenvalue weighted by molar-refractivity contribution is -0.120. The number of thiophene rings is 2. The third-order valence-electron chi connectivity index (χ3n) is 4.07. The number of carbonyl (C=O) groups is 2. The van der Waals surface area contributed by atoms with Gasteiger partial charge in [-0.3, -0.25) is 9.59 Å². The van der Waals surface area contributed by atoms with Gasteiger partial charge < -0.3 is 11.1 Å². The van der Waals surface area contributed by atoms with Crippen LogP contribution in [0.2, 0.25) is 4.34 Å². The van der Waals surface area contributed by atoms with Gasteiger partial charge in [-0.25, -0.2) is 8.42 Å². The number of nitrogens with one attached hydrogen (secondary N) is 1. The van der Waals surface area contributed by atoms with Crippen LogP contribution >= 0.6 is 34.3 Å². The van der Waals surface area contributed by atoms with Gasteiger partial charge in [-0.1, -0.05) is 11.6 Å². The van der Waals surface area contributed by atoms with Crippen LogP contribution in [0.25, 0.3) is 0 Å². The van der Waals surface area contributed by atoms with E-state index in [4.69, 9.17) is 17.3 Å². The van der Waals surface area contributed by atoms with Crippen LogP contribution in [0.15, 0.2) is 27.8 Å². The van der Waals surface area contributed by atoms with E-state index in [0.29, 0.717) is 28.7 Å². The second-order valence-electron chi connectivity index (χ2n) is 5.78. The van der Waals surface area contributed by atoms with E-state index < -0.39 is 21.8 Å². The van der Waals surface area contributed by atoms with Gasteiger partial charge in [0.15, 0.2) is 0 Å². The molecule has 3 heterocycles. The SMILES string of the molecule is NC(=O)c1ccsc1NC(=O)[C@@H]1CCCN(S(=O)(=O)c2ccc(Cl)s2)C1. The van der Waals surface area contributed by atoms with E-state index in [1.165, 1.54) is 27.8 Å². The van der Waals surface area contributed by atoms with Gasteiger partial charge >= 0.3 is 0 Å². The highest BCUT2D eigenvalue weighted by atomic mass is 35.5. The van der Waals surface area contributed by atoms with Gasteiger partial charge in [-0.15, -0.1) is 22.7 Å². The first-order valence-electron chi connectivity index (χ1n) is 7.72. The van der Waals surface area contributed by atoms with Gasteiger partial charge in [0.05, 0.1) is 15.8 Å². The Hall–Kier alpha value is -1.46. The highest BCUT2D eigenvalue weighted by molar-refractivity contribution is 7.91. The Labute approximate surface area is 163 Å². The number of hydrogen-bond donors (Lipinski definition) is 2. The fraction of sp³-hybridized carbons (Fsp3) is 0.333. The summed E-state index contributed by atoms with van der Waals surface area (Å²) < 4.78 is 27.3. The standard InChI is InChI=1S/C15H16ClN3O4S3/c16-11-3-4-12(25-11)26(22,23)19-6-1-2-9(8-19)14(21)18-15-10(13(17)20)5-7-24-15/h3-5,7,9H,1-2,6,8H2,(H2,17,20)(H,18,21)/t9-/m1/s1. The predicted molar refractivity (Wildman–Crippen MR) is 102 cm³/mol. The number of rotatable bonds is 5. The van der Waals surface area contributed by atoms with Gasteiger partial charge in [-0.05, 0) is 36.4 Å². The van der Waals surface area contributed by atoms with Crippen LogP contribution < -0.4 is 11.1 Å². The van der Waals surface area contributed by atoms with Crippen molar-refractivity contribution in [3.8, 4) is 0 Å². The number of primary amides is 1. The number of piperidine rings is 1. The molecule has 2 aromatic rings. The summed E-state index contributed by atoms with van der Waals surface area (Å²) in [4.78, 5) is 23.9. The second kappa shape index (κ2) is 7.65. The van der Waals surface area contributed by atoms with Crippen molar-refractivity contribution in [2.75, 3.05) is 18.4 Å². The lowest BCUT2D eigenvalue weighted by Gasteiger charge is -2.30. The maximum Gasteiger partial charge on any atom is 0.252 e. The monoisotopic (exact) mass is 433 g/mol. The number of amides is 2. The van der Waals surface area contributed by atoms with Crippen molar-refractivity contribution < 1.29 is 18.0 Å². The van der Waals surface area contributed by atoms with Crippen LogP contribution in [0.3, 0.4) is 0 Å². The van der Waals surface area contributed by atoms with Crippen LogP contribution in [0.4, 0.5) is 5.00 Å². The molecule has 0 bridgehead atoms. The minimum absolute atomic E-state index is 0.0843. The van der Waals surface area contributed by atoms with Crippen molar-refractivity contribution in [1.29, 1.82) is 0 Å². The Kier molecular flexibility index (Phi) is 5.68. The number of nitrogens with two attached hydrogens (primary N) is 1. The lowest BCUT2D eigenvalue weighted by atomic mass is 9.99. The molecule has 3 rings (SSSR count). The van der Waals surface area contributed by atoms with E-state index in [2.05, 4.69) is 5.32 Å². The maximum absolute atomic E-state index is 12.7. The molecule has 140 valence electrons. The molecule has 2 aromatic heterocycles. The minimum atomic E-state index is -3.68. The Morgan fingerprint density at radius 2 is 2.08 bits per heavy atom. The van der Waals surface area contributed by atoms with Gasteiger partial charge in [0.25, 0.3) is 15.9 Å². The molecule has 1 aliphatic heterocycles. The van der Waals surface area contributed by atoms with E-state index >= 15 is 0 Å². The van der Waals surface area contributed by atoms with Crippen LogP contribution in [0, 0.1) is 5.92 Å². The van der Waals surface area contributed by atoms with Gasteiger partial charge in [-0.2, -0.15) is 4.31 Å². The summed E-state index contributed by atoms with van der Waals surface area (Å²) in [6.07, 6.45) is 1.14. The Morgan fingerprint density at radius 3 is 2.73 bits per heavy atom. The Balaban J connectivity index is 1.73. The Bertz CT molecular complexity index is 938. The third kappa shape index (κ3) is 3.94. The molecular formula is C15H16ClN3O4S3. The summed E-state index contributed by atoms with van der Waals surface area (Å²) in [5, 5.41) is 4.74. The summed E-state index contributed by atoms with van der Waals surface area (Å²) in [5.41, 5.74) is 5.53. The number of hydrogen-bond acceptors (Lipinski definition) is 6. The molecule has 0 aromatic carbocycles. The molecule has 0 saturated carbocycles. The van der Waals surface area contributed by atoms with E-state index in [1.807, 2.05) is 0 Å². The van der Waals surface area contributed by atoms with E-state index in [0.717, 1.165) is 11.3 Å². The molecule has 2 amide bonds. The number of anilines is 1. The summed E-state index contributed by atoms with van der Waals surface area (Å²) in [5.74, 6) is -1.44. The Morgan fingerprint density at radius 1 is 1.31 bits per heavy atom. The molecule has 0 unspecified atom stereocenters. The predicted octanol–water partition coefficient (Wildman–Crippen LogP) is 2.60. The van der Waals surface area contributed by atoms with E-state index in [-0.39, 0.29) is 22.2 Å². The quantitative estimate of drug-likeness (QED) is 0.755. The van der Waals surface area contributed by atoms with Crippen molar-refractivity contribution >= 4 is 61.1 Å². The van der Waals surface area contributed by atoms with Gasteiger partial charge in [0, 0.05) is 13.1 Å². The molecule has 1 atom stereocenters. The zero-order valence-electron chi connectivity index (χ0n) is 13.5. The van der Waals surface area contributed by atoms with E-state index in [1.54, 1.807) is 11.4 Å². The van der Waals surface area contributed by atoms with Crippen molar-refractivity contribution in [3.05, 3.63) is 33.5 Å². The fourth-order valence-corrected chi connectivity index (χ4v) is 6.71. The van der Waals surface area contributed by atoms with Crippen LogP contribution in [-0.4, -0.2) is 37.6 Å². The third-order valence-corrected chi connectivity index (χ3v) is 8.46. The smallest absolute Gasteiger partial charge is 0.252 e. The molecular weight excluding hydrogens is 418 g/mol. The van der Waals surface area contributed by atoms with Crippen LogP contribution in [-0.2, 0) is 14.8 Å².